The van der Waals surface area contributed by atoms with Crippen molar-refractivity contribution in [3.8, 4) is 6.07 Å². The van der Waals surface area contributed by atoms with E-state index in [0.29, 0.717) is 0 Å². The van der Waals surface area contributed by atoms with Gasteiger partial charge in [-0.1, -0.05) is 0 Å². The van der Waals surface area contributed by atoms with Gasteiger partial charge in [-0.25, -0.2) is 8.42 Å². The highest BCUT2D eigenvalue weighted by Gasteiger charge is 2.32. The standard InChI is InChI=1S/C8H14N2O4S/c1-6(2)10(5-8(11)12)15(13,14)7(3)4-9/h6-7H,5H2,1-3H3,(H,11,12). The molecule has 0 radical (unpaired) electrons. The normalized spacial score (nSPS) is 13.9. The monoisotopic (exact) mass is 234 g/mol. The van der Waals surface area contributed by atoms with Crippen LogP contribution in [0.2, 0.25) is 0 Å². The Kier molecular flexibility index (Phi) is 4.71. The lowest BCUT2D eigenvalue weighted by Crippen LogP contribution is -2.44. The zero-order valence-electron chi connectivity index (χ0n) is 8.84. The Morgan fingerprint density at radius 2 is 1.93 bits per heavy atom. The van der Waals surface area contributed by atoms with Gasteiger partial charge in [0.25, 0.3) is 0 Å². The van der Waals surface area contributed by atoms with E-state index in [9.17, 15) is 13.2 Å². The SMILES string of the molecule is CC(C)N(CC(=O)O)S(=O)(=O)C(C)C#N. The molecule has 0 aromatic carbocycles. The largest absolute Gasteiger partial charge is 0.480 e. The third kappa shape index (κ3) is 3.49. The van der Waals surface area contributed by atoms with Crippen molar-refractivity contribution in [1.82, 2.24) is 4.31 Å². The summed E-state index contributed by atoms with van der Waals surface area (Å²) in [4.78, 5) is 10.5. The molecule has 1 unspecified atom stereocenters. The summed E-state index contributed by atoms with van der Waals surface area (Å²) in [6.07, 6.45) is 0. The van der Waals surface area contributed by atoms with Gasteiger partial charge >= 0.3 is 5.97 Å². The second kappa shape index (κ2) is 5.09. The maximum absolute atomic E-state index is 11.7. The highest BCUT2D eigenvalue weighted by molar-refractivity contribution is 7.90. The molecule has 0 fully saturated rings. The van der Waals surface area contributed by atoms with Gasteiger partial charge in [-0.05, 0) is 20.8 Å². The summed E-state index contributed by atoms with van der Waals surface area (Å²) in [5.74, 6) is -1.24. The number of hydrogen-bond donors (Lipinski definition) is 1. The smallest absolute Gasteiger partial charge is 0.318 e. The van der Waals surface area contributed by atoms with Crippen molar-refractivity contribution in [3.05, 3.63) is 0 Å². The van der Waals surface area contributed by atoms with Gasteiger partial charge in [-0.3, -0.25) is 4.79 Å². The van der Waals surface area contributed by atoms with Crippen molar-refractivity contribution in [2.45, 2.75) is 32.1 Å². The summed E-state index contributed by atoms with van der Waals surface area (Å²) in [6.45, 7) is 3.73. The first kappa shape index (κ1) is 13.9. The average molecular weight is 234 g/mol. The number of nitriles is 1. The molecule has 0 saturated heterocycles. The summed E-state index contributed by atoms with van der Waals surface area (Å²) >= 11 is 0. The first-order valence-corrected chi connectivity index (χ1v) is 5.85. The number of carbonyl (C=O) groups is 1. The van der Waals surface area contributed by atoms with Crippen LogP contribution in [0, 0.1) is 11.3 Å². The minimum absolute atomic E-state index is 0.484. The van der Waals surface area contributed by atoms with Crippen LogP contribution in [-0.4, -0.2) is 41.6 Å². The molecule has 6 nitrogen and oxygen atoms in total. The molecule has 0 aliphatic carbocycles. The minimum atomic E-state index is -3.85. The molecule has 0 heterocycles. The van der Waals surface area contributed by atoms with E-state index in [-0.39, 0.29) is 0 Å². The Hall–Kier alpha value is -1.13. The Bertz CT molecular complexity index is 369. The van der Waals surface area contributed by atoms with Crippen LogP contribution >= 0.6 is 0 Å². The van der Waals surface area contributed by atoms with E-state index in [4.69, 9.17) is 10.4 Å². The van der Waals surface area contributed by atoms with Crippen LogP contribution in [0.4, 0.5) is 0 Å². The number of sulfonamides is 1. The molecule has 7 heteroatoms. The fourth-order valence-corrected chi connectivity index (χ4v) is 2.39. The fraction of sp³-hybridized carbons (Fsp3) is 0.750. The highest BCUT2D eigenvalue weighted by Crippen LogP contribution is 2.12. The number of carboxylic acids is 1. The van der Waals surface area contributed by atoms with Gasteiger partial charge in [0.1, 0.15) is 6.54 Å². The minimum Gasteiger partial charge on any atom is -0.480 e. The van der Waals surface area contributed by atoms with Crippen LogP contribution in [-0.2, 0) is 14.8 Å². The predicted octanol–water partition coefficient (Wildman–Crippen LogP) is 0.0233. The van der Waals surface area contributed by atoms with Crippen molar-refractivity contribution in [2.75, 3.05) is 6.54 Å². The molecule has 0 bridgehead atoms. The third-order valence-electron chi connectivity index (χ3n) is 1.82. The molecule has 1 N–H and O–H groups in total. The lowest BCUT2D eigenvalue weighted by Gasteiger charge is -2.24. The predicted molar refractivity (Wildman–Crippen MR) is 53.5 cm³/mol. The van der Waals surface area contributed by atoms with Crippen molar-refractivity contribution in [1.29, 1.82) is 5.26 Å². The molecule has 1 atom stereocenters. The fourth-order valence-electron chi connectivity index (χ4n) is 0.969. The molecular weight excluding hydrogens is 220 g/mol. The van der Waals surface area contributed by atoms with Crippen molar-refractivity contribution >= 4 is 16.0 Å². The Labute approximate surface area is 89.2 Å². The molecule has 86 valence electrons. The molecule has 0 saturated carbocycles. The molecule has 0 amide bonds. The van der Waals surface area contributed by atoms with Gasteiger partial charge in [-0.15, -0.1) is 0 Å². The zero-order valence-corrected chi connectivity index (χ0v) is 9.65. The summed E-state index contributed by atoms with van der Waals surface area (Å²) in [6, 6.07) is 1.11. The van der Waals surface area contributed by atoms with Gasteiger partial charge in [0, 0.05) is 6.04 Å². The van der Waals surface area contributed by atoms with Crippen LogP contribution in [0.3, 0.4) is 0 Å². The van der Waals surface area contributed by atoms with Crippen LogP contribution in [0.5, 0.6) is 0 Å². The Morgan fingerprint density at radius 1 is 1.47 bits per heavy atom. The van der Waals surface area contributed by atoms with Crippen molar-refractivity contribution in [3.63, 3.8) is 0 Å². The number of rotatable bonds is 5. The van der Waals surface area contributed by atoms with Gasteiger partial charge in [0.05, 0.1) is 6.07 Å². The topological polar surface area (TPSA) is 98.5 Å². The lowest BCUT2D eigenvalue weighted by molar-refractivity contribution is -0.137. The molecule has 0 aliphatic heterocycles. The van der Waals surface area contributed by atoms with Crippen LogP contribution < -0.4 is 0 Å². The first-order chi connectivity index (χ1) is 6.73. The molecule has 0 aromatic rings. The second-order valence-corrected chi connectivity index (χ2v) is 5.56. The summed E-state index contributed by atoms with van der Waals surface area (Å²) in [7, 11) is -3.85. The van der Waals surface area contributed by atoms with Gasteiger partial charge in [0.15, 0.2) is 5.25 Å². The molecule has 0 aromatic heterocycles. The maximum atomic E-state index is 11.7. The van der Waals surface area contributed by atoms with E-state index in [1.165, 1.54) is 6.92 Å². The van der Waals surface area contributed by atoms with E-state index in [2.05, 4.69) is 0 Å². The molecular formula is C8H14N2O4S. The maximum Gasteiger partial charge on any atom is 0.318 e. The molecule has 0 spiro atoms. The molecule has 0 aliphatic rings. The third-order valence-corrected chi connectivity index (χ3v) is 4.03. The van der Waals surface area contributed by atoms with E-state index in [1.807, 2.05) is 0 Å². The molecule has 0 rings (SSSR count). The van der Waals surface area contributed by atoms with E-state index in [1.54, 1.807) is 19.9 Å². The summed E-state index contributed by atoms with van der Waals surface area (Å²) in [5, 5.41) is 15.9. The van der Waals surface area contributed by atoms with Crippen LogP contribution in [0.15, 0.2) is 0 Å². The summed E-state index contributed by atoms with van der Waals surface area (Å²) in [5.41, 5.74) is 0. The van der Waals surface area contributed by atoms with Crippen molar-refractivity contribution < 1.29 is 18.3 Å². The number of hydrogen-bond acceptors (Lipinski definition) is 4. The second-order valence-electron chi connectivity index (χ2n) is 3.35. The Morgan fingerprint density at radius 3 is 2.20 bits per heavy atom. The molecule has 15 heavy (non-hydrogen) atoms. The number of aliphatic carboxylic acids is 1. The van der Waals surface area contributed by atoms with Gasteiger partial charge in [-0.2, -0.15) is 9.57 Å². The zero-order chi connectivity index (χ0) is 12.2. The highest BCUT2D eigenvalue weighted by atomic mass is 32.2. The quantitative estimate of drug-likeness (QED) is 0.723. The van der Waals surface area contributed by atoms with Crippen molar-refractivity contribution in [2.24, 2.45) is 0 Å². The number of carboxylic acid groups (broad SMARTS) is 1. The Balaban J connectivity index is 5.10. The van der Waals surface area contributed by atoms with Gasteiger partial charge in [0.2, 0.25) is 10.0 Å². The van der Waals surface area contributed by atoms with E-state index < -0.39 is 33.8 Å². The average Bonchev–Trinajstić information content (AvgIpc) is 2.11. The van der Waals surface area contributed by atoms with Crippen LogP contribution in [0.1, 0.15) is 20.8 Å². The van der Waals surface area contributed by atoms with Gasteiger partial charge < -0.3 is 5.11 Å². The van der Waals surface area contributed by atoms with E-state index in [0.717, 1.165) is 4.31 Å². The first-order valence-electron chi connectivity index (χ1n) is 4.35. The van der Waals surface area contributed by atoms with Crippen LogP contribution in [0.25, 0.3) is 0 Å². The number of nitrogens with zero attached hydrogens (tertiary/aromatic N) is 2. The summed E-state index contributed by atoms with van der Waals surface area (Å²) < 4.78 is 24.2. The lowest BCUT2D eigenvalue weighted by atomic mass is 10.4. The van der Waals surface area contributed by atoms with E-state index >= 15 is 0 Å².